The summed E-state index contributed by atoms with van der Waals surface area (Å²) in [5.74, 6) is 0.0283. The summed E-state index contributed by atoms with van der Waals surface area (Å²) in [6.07, 6.45) is 0. The molecule has 0 unspecified atom stereocenters. The topological polar surface area (TPSA) is 29.1 Å². The first-order valence-corrected chi connectivity index (χ1v) is 8.06. The highest BCUT2D eigenvalue weighted by atomic mass is 35.5. The van der Waals surface area contributed by atoms with Gasteiger partial charge in [0.25, 0.3) is 0 Å². The Balaban J connectivity index is 1.86. The van der Waals surface area contributed by atoms with Gasteiger partial charge in [0.15, 0.2) is 0 Å². The van der Waals surface area contributed by atoms with Crippen LogP contribution in [0.5, 0.6) is 0 Å². The van der Waals surface area contributed by atoms with Gasteiger partial charge in [0, 0.05) is 16.5 Å². The summed E-state index contributed by atoms with van der Waals surface area (Å²) in [5.41, 5.74) is 2.22. The monoisotopic (exact) mass is 319 g/mol. The average molecular weight is 320 g/mol. The molecule has 0 aromatic heterocycles. The van der Waals surface area contributed by atoms with E-state index in [1.54, 1.807) is 11.8 Å². The van der Waals surface area contributed by atoms with E-state index in [4.69, 9.17) is 11.6 Å². The van der Waals surface area contributed by atoms with Crippen LogP contribution in [0.4, 0.5) is 0 Å². The highest BCUT2D eigenvalue weighted by molar-refractivity contribution is 8.00. The summed E-state index contributed by atoms with van der Waals surface area (Å²) >= 11 is 7.49. The van der Waals surface area contributed by atoms with Crippen molar-refractivity contribution in [2.75, 3.05) is 0 Å². The van der Waals surface area contributed by atoms with E-state index in [-0.39, 0.29) is 11.2 Å². The molecule has 2 rings (SSSR count). The molecule has 110 valence electrons. The lowest BCUT2D eigenvalue weighted by atomic mass is 10.2. The quantitative estimate of drug-likeness (QED) is 0.825. The smallest absolute Gasteiger partial charge is 0.233 e. The lowest BCUT2D eigenvalue weighted by Crippen LogP contribution is -2.30. The molecule has 0 saturated heterocycles. The van der Waals surface area contributed by atoms with Gasteiger partial charge in [-0.1, -0.05) is 41.4 Å². The van der Waals surface area contributed by atoms with Gasteiger partial charge in [-0.3, -0.25) is 4.79 Å². The predicted molar refractivity (Wildman–Crippen MR) is 89.8 cm³/mol. The Labute approximate surface area is 134 Å². The number of aryl methyl sites for hydroxylation is 1. The van der Waals surface area contributed by atoms with Gasteiger partial charge >= 0.3 is 0 Å². The molecule has 0 fully saturated rings. The van der Waals surface area contributed by atoms with E-state index in [1.807, 2.05) is 43.3 Å². The maximum Gasteiger partial charge on any atom is 0.233 e. The Morgan fingerprint density at radius 1 is 1.24 bits per heavy atom. The largest absolute Gasteiger partial charge is 0.351 e. The molecular weight excluding hydrogens is 302 g/mol. The van der Waals surface area contributed by atoms with Crippen molar-refractivity contribution in [1.82, 2.24) is 5.32 Å². The number of rotatable bonds is 5. The zero-order valence-electron chi connectivity index (χ0n) is 12.1. The molecule has 2 aromatic carbocycles. The van der Waals surface area contributed by atoms with Crippen molar-refractivity contribution in [2.24, 2.45) is 0 Å². The number of nitrogens with one attached hydrogen (secondary N) is 1. The van der Waals surface area contributed by atoms with Crippen LogP contribution >= 0.6 is 23.4 Å². The third-order valence-corrected chi connectivity index (χ3v) is 4.41. The van der Waals surface area contributed by atoms with E-state index in [0.29, 0.717) is 11.6 Å². The first-order chi connectivity index (χ1) is 10.0. The number of carbonyl (C=O) groups is 1. The number of amides is 1. The van der Waals surface area contributed by atoms with E-state index in [9.17, 15) is 4.79 Å². The summed E-state index contributed by atoms with van der Waals surface area (Å²) in [6, 6.07) is 15.7. The second kappa shape index (κ2) is 7.53. The third kappa shape index (κ3) is 5.10. The predicted octanol–water partition coefficient (Wildman–Crippen LogP) is 4.45. The van der Waals surface area contributed by atoms with Crippen molar-refractivity contribution in [3.8, 4) is 0 Å². The summed E-state index contributed by atoms with van der Waals surface area (Å²) in [5, 5.41) is 3.49. The number of benzene rings is 2. The summed E-state index contributed by atoms with van der Waals surface area (Å²) in [7, 11) is 0. The summed E-state index contributed by atoms with van der Waals surface area (Å²) < 4.78 is 0. The minimum absolute atomic E-state index is 0.0283. The van der Waals surface area contributed by atoms with Crippen LogP contribution in [0.25, 0.3) is 0 Å². The molecule has 0 radical (unpaired) electrons. The Bertz CT molecular complexity index is 612. The molecule has 0 spiro atoms. The Hall–Kier alpha value is -1.45. The average Bonchev–Trinajstić information content (AvgIpc) is 2.47. The maximum absolute atomic E-state index is 12.1. The lowest BCUT2D eigenvalue weighted by molar-refractivity contribution is -0.120. The number of thioether (sulfide) groups is 1. The molecule has 0 heterocycles. The van der Waals surface area contributed by atoms with Gasteiger partial charge in [0.2, 0.25) is 5.91 Å². The second-order valence-corrected chi connectivity index (χ2v) is 6.77. The number of halogens is 1. The zero-order valence-corrected chi connectivity index (χ0v) is 13.7. The molecular formula is C17H18ClNOS. The first-order valence-electron chi connectivity index (χ1n) is 6.80. The molecule has 1 N–H and O–H groups in total. The third-order valence-electron chi connectivity index (χ3n) is 3.06. The normalized spacial score (nSPS) is 12.0. The zero-order chi connectivity index (χ0) is 15.2. The fourth-order valence-corrected chi connectivity index (χ4v) is 2.96. The molecule has 1 atom stereocenters. The SMILES string of the molecule is Cc1ccc(S[C@@H](C)C(=O)NCc2cccc(Cl)c2)cc1. The molecule has 2 nitrogen and oxygen atoms in total. The highest BCUT2D eigenvalue weighted by Gasteiger charge is 2.13. The fraction of sp³-hybridized carbons (Fsp3) is 0.235. The molecule has 0 aliphatic heterocycles. The van der Waals surface area contributed by atoms with Crippen molar-refractivity contribution < 1.29 is 4.79 Å². The van der Waals surface area contributed by atoms with Gasteiger partial charge < -0.3 is 5.32 Å². The number of hydrogen-bond acceptors (Lipinski definition) is 2. The van der Waals surface area contributed by atoms with Crippen LogP contribution in [0.2, 0.25) is 5.02 Å². The lowest BCUT2D eigenvalue weighted by Gasteiger charge is -2.12. The molecule has 0 saturated carbocycles. The van der Waals surface area contributed by atoms with Crippen LogP contribution in [0, 0.1) is 6.92 Å². The summed E-state index contributed by atoms with van der Waals surface area (Å²) in [6.45, 7) is 4.46. The van der Waals surface area contributed by atoms with E-state index in [2.05, 4.69) is 24.4 Å². The van der Waals surface area contributed by atoms with Gasteiger partial charge in [0.1, 0.15) is 0 Å². The first kappa shape index (κ1) is 15.9. The molecule has 0 aliphatic rings. The standard InChI is InChI=1S/C17H18ClNOS/c1-12-6-8-16(9-7-12)21-13(2)17(20)19-11-14-4-3-5-15(18)10-14/h3-10,13H,11H2,1-2H3,(H,19,20)/t13-/m0/s1. The van der Waals surface area contributed by atoms with Crippen molar-refractivity contribution in [2.45, 2.75) is 30.5 Å². The Kier molecular flexibility index (Phi) is 5.71. The highest BCUT2D eigenvalue weighted by Crippen LogP contribution is 2.23. The van der Waals surface area contributed by atoms with Crippen LogP contribution in [0.15, 0.2) is 53.4 Å². The summed E-state index contributed by atoms with van der Waals surface area (Å²) in [4.78, 5) is 13.2. The van der Waals surface area contributed by atoms with Gasteiger partial charge in [-0.15, -0.1) is 11.8 Å². The Morgan fingerprint density at radius 3 is 2.62 bits per heavy atom. The van der Waals surface area contributed by atoms with Crippen LogP contribution in [-0.4, -0.2) is 11.2 Å². The van der Waals surface area contributed by atoms with Crippen LogP contribution in [-0.2, 0) is 11.3 Å². The van der Waals surface area contributed by atoms with Gasteiger partial charge in [-0.2, -0.15) is 0 Å². The molecule has 0 bridgehead atoms. The van der Waals surface area contributed by atoms with E-state index >= 15 is 0 Å². The van der Waals surface area contributed by atoms with Crippen molar-refractivity contribution >= 4 is 29.3 Å². The minimum Gasteiger partial charge on any atom is -0.351 e. The molecule has 2 aromatic rings. The molecule has 1 amide bonds. The second-order valence-electron chi connectivity index (χ2n) is 4.92. The van der Waals surface area contributed by atoms with Crippen molar-refractivity contribution in [3.63, 3.8) is 0 Å². The van der Waals surface area contributed by atoms with Crippen LogP contribution < -0.4 is 5.32 Å². The van der Waals surface area contributed by atoms with Crippen molar-refractivity contribution in [1.29, 1.82) is 0 Å². The number of hydrogen-bond donors (Lipinski definition) is 1. The fourth-order valence-electron chi connectivity index (χ4n) is 1.85. The Morgan fingerprint density at radius 2 is 1.95 bits per heavy atom. The maximum atomic E-state index is 12.1. The van der Waals surface area contributed by atoms with Gasteiger partial charge in [-0.05, 0) is 43.7 Å². The van der Waals surface area contributed by atoms with Crippen molar-refractivity contribution in [3.05, 3.63) is 64.7 Å². The molecule has 21 heavy (non-hydrogen) atoms. The molecule has 0 aliphatic carbocycles. The van der Waals surface area contributed by atoms with E-state index in [1.165, 1.54) is 5.56 Å². The van der Waals surface area contributed by atoms with Gasteiger partial charge in [-0.25, -0.2) is 0 Å². The van der Waals surface area contributed by atoms with E-state index < -0.39 is 0 Å². The van der Waals surface area contributed by atoms with E-state index in [0.717, 1.165) is 10.5 Å². The number of carbonyl (C=O) groups excluding carboxylic acids is 1. The van der Waals surface area contributed by atoms with Gasteiger partial charge in [0.05, 0.1) is 5.25 Å². The van der Waals surface area contributed by atoms with Crippen LogP contribution in [0.1, 0.15) is 18.1 Å². The van der Waals surface area contributed by atoms with Crippen LogP contribution in [0.3, 0.4) is 0 Å². The molecule has 4 heteroatoms. The minimum atomic E-state index is -0.133.